The Bertz CT molecular complexity index is 688. The molecule has 4 nitrogen and oxygen atoms in total. The highest BCUT2D eigenvalue weighted by atomic mass is 32.2. The zero-order chi connectivity index (χ0) is 14.8. The maximum Gasteiger partial charge on any atom is 0.247 e. The van der Waals surface area contributed by atoms with Gasteiger partial charge in [-0.25, -0.2) is 4.90 Å². The van der Waals surface area contributed by atoms with E-state index in [1.165, 1.54) is 16.7 Å². The highest BCUT2D eigenvalue weighted by Crippen LogP contribution is 2.36. The van der Waals surface area contributed by atoms with Gasteiger partial charge in [-0.1, -0.05) is 30.3 Å². The molecule has 1 aliphatic rings. The Morgan fingerprint density at radius 2 is 1.67 bits per heavy atom. The van der Waals surface area contributed by atoms with E-state index in [9.17, 15) is 9.59 Å². The van der Waals surface area contributed by atoms with Gasteiger partial charge in [0.1, 0.15) is 0 Å². The average Bonchev–Trinajstić information content (AvgIpc) is 2.77. The summed E-state index contributed by atoms with van der Waals surface area (Å²) in [5.74, 6) is -0.349. The van der Waals surface area contributed by atoms with Crippen LogP contribution in [0.1, 0.15) is 6.42 Å². The number of nitrogen functional groups attached to an aromatic ring is 1. The van der Waals surface area contributed by atoms with Crippen molar-refractivity contribution in [3.63, 3.8) is 0 Å². The lowest BCUT2D eigenvalue weighted by Crippen LogP contribution is -2.31. The zero-order valence-electron chi connectivity index (χ0n) is 11.2. The summed E-state index contributed by atoms with van der Waals surface area (Å²) >= 11 is 1.35. The summed E-state index contributed by atoms with van der Waals surface area (Å²) in [4.78, 5) is 26.7. The Morgan fingerprint density at radius 3 is 2.38 bits per heavy atom. The first-order valence-electron chi connectivity index (χ1n) is 6.60. The minimum Gasteiger partial charge on any atom is -0.398 e. The van der Waals surface area contributed by atoms with Gasteiger partial charge in [0.15, 0.2) is 0 Å². The fourth-order valence-corrected chi connectivity index (χ4v) is 3.39. The van der Waals surface area contributed by atoms with E-state index in [0.29, 0.717) is 11.4 Å². The Morgan fingerprint density at radius 1 is 1.00 bits per heavy atom. The summed E-state index contributed by atoms with van der Waals surface area (Å²) in [7, 11) is 0. The summed E-state index contributed by atoms with van der Waals surface area (Å²) in [5, 5.41) is -0.414. The largest absolute Gasteiger partial charge is 0.398 e. The molecule has 0 aromatic heterocycles. The Labute approximate surface area is 126 Å². The SMILES string of the molecule is Nc1ccccc1S[C@H]1CC(=O)N(c2ccccc2)C1=O. The van der Waals surface area contributed by atoms with Crippen LogP contribution in [0, 0.1) is 0 Å². The number of para-hydroxylation sites is 2. The quantitative estimate of drug-likeness (QED) is 0.699. The smallest absolute Gasteiger partial charge is 0.247 e. The molecule has 2 N–H and O–H groups in total. The summed E-state index contributed by atoms with van der Waals surface area (Å²) < 4.78 is 0. The van der Waals surface area contributed by atoms with Crippen molar-refractivity contribution in [1.29, 1.82) is 0 Å². The van der Waals surface area contributed by atoms with E-state index in [2.05, 4.69) is 0 Å². The number of rotatable bonds is 3. The van der Waals surface area contributed by atoms with Gasteiger partial charge < -0.3 is 5.73 Å². The monoisotopic (exact) mass is 298 g/mol. The highest BCUT2D eigenvalue weighted by Gasteiger charge is 2.40. The van der Waals surface area contributed by atoms with Crippen LogP contribution in [-0.4, -0.2) is 17.1 Å². The molecule has 1 saturated heterocycles. The van der Waals surface area contributed by atoms with Gasteiger partial charge in [-0.05, 0) is 24.3 Å². The van der Waals surface area contributed by atoms with Crippen molar-refractivity contribution < 1.29 is 9.59 Å². The van der Waals surface area contributed by atoms with Crippen molar-refractivity contribution in [3.05, 3.63) is 54.6 Å². The highest BCUT2D eigenvalue weighted by molar-refractivity contribution is 8.00. The molecule has 0 unspecified atom stereocenters. The van der Waals surface area contributed by atoms with Gasteiger partial charge in [0.25, 0.3) is 0 Å². The molecular weight excluding hydrogens is 284 g/mol. The fraction of sp³-hybridized carbons (Fsp3) is 0.125. The third kappa shape index (κ3) is 2.64. The maximum absolute atomic E-state index is 12.5. The number of amides is 2. The van der Waals surface area contributed by atoms with E-state index in [1.807, 2.05) is 36.4 Å². The van der Waals surface area contributed by atoms with E-state index in [4.69, 9.17) is 5.73 Å². The molecule has 3 rings (SSSR count). The molecule has 1 fully saturated rings. The lowest BCUT2D eigenvalue weighted by molar-refractivity contribution is -0.121. The van der Waals surface area contributed by atoms with E-state index in [0.717, 1.165) is 4.90 Å². The van der Waals surface area contributed by atoms with Crippen LogP contribution in [0.3, 0.4) is 0 Å². The second kappa shape index (κ2) is 5.61. The number of thioether (sulfide) groups is 1. The zero-order valence-corrected chi connectivity index (χ0v) is 12.0. The van der Waals surface area contributed by atoms with Crippen LogP contribution in [0.15, 0.2) is 59.5 Å². The molecule has 5 heteroatoms. The van der Waals surface area contributed by atoms with Crippen LogP contribution in [0.2, 0.25) is 0 Å². The van der Waals surface area contributed by atoms with Crippen molar-refractivity contribution in [2.75, 3.05) is 10.6 Å². The van der Waals surface area contributed by atoms with Crippen LogP contribution in [-0.2, 0) is 9.59 Å². The first-order chi connectivity index (χ1) is 10.2. The topological polar surface area (TPSA) is 63.4 Å². The normalized spacial score (nSPS) is 18.3. The molecule has 0 saturated carbocycles. The minimum atomic E-state index is -0.414. The summed E-state index contributed by atoms with van der Waals surface area (Å²) in [6.45, 7) is 0. The number of nitrogens with zero attached hydrogens (tertiary/aromatic N) is 1. The predicted molar refractivity (Wildman–Crippen MR) is 84.1 cm³/mol. The lowest BCUT2D eigenvalue weighted by atomic mass is 10.3. The minimum absolute atomic E-state index is 0.168. The average molecular weight is 298 g/mol. The van der Waals surface area contributed by atoms with Crippen molar-refractivity contribution in [3.8, 4) is 0 Å². The first-order valence-corrected chi connectivity index (χ1v) is 7.48. The molecule has 2 aromatic carbocycles. The fourth-order valence-electron chi connectivity index (χ4n) is 2.29. The van der Waals surface area contributed by atoms with Crippen LogP contribution in [0.5, 0.6) is 0 Å². The molecule has 1 atom stereocenters. The number of imide groups is 1. The van der Waals surface area contributed by atoms with Crippen LogP contribution < -0.4 is 10.6 Å². The number of carbonyl (C=O) groups excluding carboxylic acids is 2. The van der Waals surface area contributed by atoms with E-state index in [1.54, 1.807) is 18.2 Å². The van der Waals surface area contributed by atoms with Gasteiger partial charge in [-0.15, -0.1) is 11.8 Å². The third-order valence-corrected chi connectivity index (χ3v) is 4.59. The molecule has 1 aliphatic heterocycles. The Kier molecular flexibility index (Phi) is 3.66. The van der Waals surface area contributed by atoms with Crippen LogP contribution >= 0.6 is 11.8 Å². The lowest BCUT2D eigenvalue weighted by Gasteiger charge is -2.15. The van der Waals surface area contributed by atoms with Crippen molar-refractivity contribution in [2.24, 2.45) is 0 Å². The van der Waals surface area contributed by atoms with Crippen LogP contribution in [0.25, 0.3) is 0 Å². The second-order valence-corrected chi connectivity index (χ2v) is 6.00. The Hall–Kier alpha value is -2.27. The van der Waals surface area contributed by atoms with Crippen molar-refractivity contribution in [2.45, 2.75) is 16.6 Å². The molecule has 106 valence electrons. The summed E-state index contributed by atoms with van der Waals surface area (Å²) in [6.07, 6.45) is 0.201. The van der Waals surface area contributed by atoms with E-state index in [-0.39, 0.29) is 18.2 Å². The second-order valence-electron chi connectivity index (χ2n) is 4.75. The van der Waals surface area contributed by atoms with Gasteiger partial charge in [0, 0.05) is 17.0 Å². The van der Waals surface area contributed by atoms with Gasteiger partial charge in [-0.3, -0.25) is 9.59 Å². The molecule has 21 heavy (non-hydrogen) atoms. The molecular formula is C16H14N2O2S. The number of anilines is 2. The molecule has 0 bridgehead atoms. The number of hydrogen-bond donors (Lipinski definition) is 1. The molecule has 1 heterocycles. The van der Waals surface area contributed by atoms with Crippen molar-refractivity contribution >= 4 is 35.0 Å². The molecule has 2 amide bonds. The number of benzene rings is 2. The summed E-state index contributed by atoms with van der Waals surface area (Å²) in [5.41, 5.74) is 7.14. The number of hydrogen-bond acceptors (Lipinski definition) is 4. The van der Waals surface area contributed by atoms with Gasteiger partial charge in [0.2, 0.25) is 11.8 Å². The first kappa shape index (κ1) is 13.7. The van der Waals surface area contributed by atoms with Crippen LogP contribution in [0.4, 0.5) is 11.4 Å². The maximum atomic E-state index is 12.5. The predicted octanol–water partition coefficient (Wildman–Crippen LogP) is 2.69. The summed E-state index contributed by atoms with van der Waals surface area (Å²) in [6, 6.07) is 16.4. The van der Waals surface area contributed by atoms with Gasteiger partial charge in [0.05, 0.1) is 10.9 Å². The number of nitrogens with two attached hydrogens (primary N) is 1. The van der Waals surface area contributed by atoms with Gasteiger partial charge >= 0.3 is 0 Å². The molecule has 0 aliphatic carbocycles. The Balaban J connectivity index is 1.83. The van der Waals surface area contributed by atoms with E-state index >= 15 is 0 Å². The van der Waals surface area contributed by atoms with Crippen molar-refractivity contribution in [1.82, 2.24) is 0 Å². The standard InChI is InChI=1S/C16H14N2O2S/c17-12-8-4-5-9-13(12)21-14-10-15(19)18(16(14)20)11-6-2-1-3-7-11/h1-9,14H,10,17H2/t14-/m0/s1. The molecule has 2 aromatic rings. The van der Waals surface area contributed by atoms with Gasteiger partial charge in [-0.2, -0.15) is 0 Å². The number of carbonyl (C=O) groups is 2. The third-order valence-electron chi connectivity index (χ3n) is 3.31. The van der Waals surface area contributed by atoms with E-state index < -0.39 is 5.25 Å². The molecule has 0 radical (unpaired) electrons. The molecule has 0 spiro atoms.